The third-order valence-corrected chi connectivity index (χ3v) is 5.23. The molecule has 0 N–H and O–H groups in total. The van der Waals surface area contributed by atoms with Crippen molar-refractivity contribution < 1.29 is 9.18 Å². The fraction of sp³-hybridized carbons (Fsp3) is 0.375. The van der Waals surface area contributed by atoms with Crippen LogP contribution in [0.4, 0.5) is 4.39 Å². The third kappa shape index (κ3) is 3.39. The number of thiocarbonyl (C=S) groups is 1. The molecule has 2 saturated heterocycles. The van der Waals surface area contributed by atoms with E-state index in [1.165, 1.54) is 37.1 Å². The van der Waals surface area contributed by atoms with Crippen molar-refractivity contribution in [2.24, 2.45) is 0 Å². The maximum absolute atomic E-state index is 13.7. The van der Waals surface area contributed by atoms with E-state index >= 15 is 0 Å². The Morgan fingerprint density at radius 1 is 1.23 bits per heavy atom. The number of carbonyl (C=O) groups is 1. The van der Waals surface area contributed by atoms with E-state index in [-0.39, 0.29) is 11.7 Å². The summed E-state index contributed by atoms with van der Waals surface area (Å²) < 4.78 is 14.3. The van der Waals surface area contributed by atoms with Gasteiger partial charge in [0, 0.05) is 5.56 Å². The number of carbonyl (C=O) groups excluding carboxylic acids is 1. The molecule has 2 aliphatic heterocycles. The van der Waals surface area contributed by atoms with Crippen molar-refractivity contribution in [2.75, 3.05) is 19.8 Å². The Kier molecular flexibility index (Phi) is 4.90. The number of thioether (sulfide) groups is 1. The van der Waals surface area contributed by atoms with E-state index < -0.39 is 0 Å². The fourth-order valence-corrected chi connectivity index (χ4v) is 3.89. The van der Waals surface area contributed by atoms with Crippen LogP contribution in [0, 0.1) is 5.82 Å². The Morgan fingerprint density at radius 3 is 2.68 bits per heavy atom. The number of piperidine rings is 1. The summed E-state index contributed by atoms with van der Waals surface area (Å²) in [6.45, 7) is 2.55. The molecule has 0 bridgehead atoms. The van der Waals surface area contributed by atoms with Gasteiger partial charge in [0.2, 0.25) is 0 Å². The lowest BCUT2D eigenvalue weighted by Gasteiger charge is -2.29. The SMILES string of the molecule is O=C1/C(=C\c2ccccc2F)SC(=S)N1CN1CCCCC1. The average Bonchev–Trinajstić information content (AvgIpc) is 2.78. The number of nitrogens with zero attached hydrogens (tertiary/aromatic N) is 2. The Bertz CT molecular complexity index is 626. The summed E-state index contributed by atoms with van der Waals surface area (Å²) in [5.41, 5.74) is 0.418. The van der Waals surface area contributed by atoms with Gasteiger partial charge < -0.3 is 0 Å². The number of likely N-dealkylation sites (tertiary alicyclic amines) is 1. The summed E-state index contributed by atoms with van der Waals surface area (Å²) in [4.78, 5) is 16.9. The molecule has 0 aliphatic carbocycles. The van der Waals surface area contributed by atoms with Crippen molar-refractivity contribution in [2.45, 2.75) is 19.3 Å². The number of halogens is 1. The topological polar surface area (TPSA) is 23.6 Å². The van der Waals surface area contributed by atoms with Crippen molar-refractivity contribution in [3.63, 3.8) is 0 Å². The quantitative estimate of drug-likeness (QED) is 0.623. The minimum absolute atomic E-state index is 0.121. The molecule has 1 amide bonds. The first kappa shape index (κ1) is 15.6. The second-order valence-electron chi connectivity index (χ2n) is 5.45. The van der Waals surface area contributed by atoms with Gasteiger partial charge in [-0.3, -0.25) is 14.6 Å². The van der Waals surface area contributed by atoms with Crippen LogP contribution in [0.2, 0.25) is 0 Å². The van der Waals surface area contributed by atoms with Crippen molar-refractivity contribution >= 4 is 40.3 Å². The highest BCUT2D eigenvalue weighted by atomic mass is 32.2. The first-order valence-corrected chi connectivity index (χ1v) is 8.60. The largest absolute Gasteiger partial charge is 0.286 e. The molecule has 1 aromatic carbocycles. The second kappa shape index (κ2) is 6.89. The number of benzene rings is 1. The van der Waals surface area contributed by atoms with E-state index in [9.17, 15) is 9.18 Å². The Labute approximate surface area is 139 Å². The molecule has 1 aromatic rings. The lowest BCUT2D eigenvalue weighted by Crippen LogP contribution is -2.42. The fourth-order valence-electron chi connectivity index (χ4n) is 2.66. The van der Waals surface area contributed by atoms with Crippen LogP contribution in [0.5, 0.6) is 0 Å². The highest BCUT2D eigenvalue weighted by molar-refractivity contribution is 8.26. The first-order chi connectivity index (χ1) is 10.6. The van der Waals surface area contributed by atoms with Gasteiger partial charge in [0.15, 0.2) is 0 Å². The van der Waals surface area contributed by atoms with Crippen LogP contribution in [0.1, 0.15) is 24.8 Å². The van der Waals surface area contributed by atoms with Crippen molar-refractivity contribution in [3.8, 4) is 0 Å². The zero-order valence-electron chi connectivity index (χ0n) is 12.1. The molecule has 3 nitrogen and oxygen atoms in total. The second-order valence-corrected chi connectivity index (χ2v) is 7.13. The molecule has 0 aromatic heterocycles. The Morgan fingerprint density at radius 2 is 1.95 bits per heavy atom. The summed E-state index contributed by atoms with van der Waals surface area (Å²) in [5, 5.41) is 0. The number of amides is 1. The molecule has 0 unspecified atom stereocenters. The molecule has 22 heavy (non-hydrogen) atoms. The van der Waals surface area contributed by atoms with Gasteiger partial charge in [-0.2, -0.15) is 0 Å². The van der Waals surface area contributed by atoms with Gasteiger partial charge in [-0.05, 0) is 38.1 Å². The van der Waals surface area contributed by atoms with Crippen LogP contribution >= 0.6 is 24.0 Å². The van der Waals surface area contributed by atoms with E-state index in [1.807, 2.05) is 0 Å². The van der Waals surface area contributed by atoms with E-state index in [1.54, 1.807) is 29.2 Å². The molecule has 0 spiro atoms. The Hall–Kier alpha value is -1.24. The summed E-state index contributed by atoms with van der Waals surface area (Å²) >= 11 is 6.57. The van der Waals surface area contributed by atoms with Gasteiger partial charge in [-0.25, -0.2) is 4.39 Å². The first-order valence-electron chi connectivity index (χ1n) is 7.37. The standard InChI is InChI=1S/C16H17FN2OS2/c17-13-7-3-2-6-12(13)10-14-15(20)19(16(21)22-14)11-18-8-4-1-5-9-18/h2-3,6-7,10H,1,4-5,8-9,11H2/b14-10+. The van der Waals surface area contributed by atoms with Gasteiger partial charge in [-0.1, -0.05) is 48.6 Å². The molecular formula is C16H17FN2OS2. The lowest BCUT2D eigenvalue weighted by molar-refractivity contribution is -0.123. The summed E-state index contributed by atoms with van der Waals surface area (Å²) in [6.07, 6.45) is 5.17. The minimum Gasteiger partial charge on any atom is -0.286 e. The van der Waals surface area contributed by atoms with E-state index in [2.05, 4.69) is 4.90 Å². The van der Waals surface area contributed by atoms with Crippen molar-refractivity contribution in [1.29, 1.82) is 0 Å². The molecule has 0 saturated carbocycles. The van der Waals surface area contributed by atoms with Crippen LogP contribution in [0.25, 0.3) is 6.08 Å². The smallest absolute Gasteiger partial charge is 0.267 e. The summed E-state index contributed by atoms with van der Waals surface area (Å²) in [6, 6.07) is 6.43. The molecule has 2 aliphatic rings. The average molecular weight is 336 g/mol. The van der Waals surface area contributed by atoms with Crippen LogP contribution in [0.15, 0.2) is 29.2 Å². The van der Waals surface area contributed by atoms with Crippen LogP contribution in [-0.2, 0) is 4.79 Å². The predicted octanol–water partition coefficient (Wildman–Crippen LogP) is 3.47. The van der Waals surface area contributed by atoms with Gasteiger partial charge >= 0.3 is 0 Å². The number of rotatable bonds is 3. The van der Waals surface area contributed by atoms with Crippen LogP contribution in [0.3, 0.4) is 0 Å². The van der Waals surface area contributed by atoms with Gasteiger partial charge in [0.05, 0.1) is 11.6 Å². The molecule has 3 rings (SSSR count). The number of hydrogen-bond donors (Lipinski definition) is 0. The van der Waals surface area contributed by atoms with E-state index in [0.717, 1.165) is 13.1 Å². The number of hydrogen-bond acceptors (Lipinski definition) is 4. The molecule has 2 heterocycles. The highest BCUT2D eigenvalue weighted by Crippen LogP contribution is 2.33. The molecule has 2 fully saturated rings. The van der Waals surface area contributed by atoms with E-state index in [0.29, 0.717) is 21.5 Å². The zero-order valence-corrected chi connectivity index (χ0v) is 13.8. The molecule has 6 heteroatoms. The van der Waals surface area contributed by atoms with Crippen LogP contribution in [-0.4, -0.2) is 39.8 Å². The Balaban J connectivity index is 1.75. The predicted molar refractivity (Wildman–Crippen MR) is 91.7 cm³/mol. The molecular weight excluding hydrogens is 319 g/mol. The molecule has 0 atom stereocenters. The third-order valence-electron chi connectivity index (χ3n) is 3.86. The van der Waals surface area contributed by atoms with Crippen molar-refractivity contribution in [3.05, 3.63) is 40.6 Å². The summed E-state index contributed by atoms with van der Waals surface area (Å²) in [7, 11) is 0. The molecule has 116 valence electrons. The zero-order chi connectivity index (χ0) is 15.5. The maximum Gasteiger partial charge on any atom is 0.267 e. The normalized spacial score (nSPS) is 21.9. The summed E-state index contributed by atoms with van der Waals surface area (Å²) in [5.74, 6) is -0.451. The van der Waals surface area contributed by atoms with Gasteiger partial charge in [-0.15, -0.1) is 0 Å². The minimum atomic E-state index is -0.330. The molecule has 0 radical (unpaired) electrons. The maximum atomic E-state index is 13.7. The van der Waals surface area contributed by atoms with Gasteiger partial charge in [0.25, 0.3) is 5.91 Å². The highest BCUT2D eigenvalue weighted by Gasteiger charge is 2.33. The lowest BCUT2D eigenvalue weighted by atomic mass is 10.1. The monoisotopic (exact) mass is 336 g/mol. The van der Waals surface area contributed by atoms with E-state index in [4.69, 9.17) is 12.2 Å². The van der Waals surface area contributed by atoms with Crippen molar-refractivity contribution in [1.82, 2.24) is 9.80 Å². The van der Waals surface area contributed by atoms with Crippen LogP contribution < -0.4 is 0 Å². The van der Waals surface area contributed by atoms with Gasteiger partial charge in [0.1, 0.15) is 10.1 Å².